The fraction of sp³-hybridized carbons (Fsp3) is 0.560. The van der Waals surface area contributed by atoms with Crippen molar-refractivity contribution in [3.05, 3.63) is 52.7 Å². The lowest BCUT2D eigenvalue weighted by atomic mass is 9.54. The van der Waals surface area contributed by atoms with Crippen LogP contribution in [0.15, 0.2) is 30.3 Å². The summed E-state index contributed by atoms with van der Waals surface area (Å²) < 4.78 is 2.53. The van der Waals surface area contributed by atoms with Crippen molar-refractivity contribution in [3.63, 3.8) is 0 Å². The fourth-order valence-corrected chi connectivity index (χ4v) is 5.58. The van der Waals surface area contributed by atoms with Gasteiger partial charge in [-0.3, -0.25) is 0 Å². The van der Waals surface area contributed by atoms with Crippen molar-refractivity contribution in [2.75, 3.05) is 0 Å². The maximum Gasteiger partial charge on any atom is 0.213 e. The normalized spacial score (nSPS) is 25.7. The van der Waals surface area contributed by atoms with Gasteiger partial charge in [-0.2, -0.15) is 4.57 Å². The topological polar surface area (TPSA) is 3.88 Å². The summed E-state index contributed by atoms with van der Waals surface area (Å²) >= 11 is 0. The third kappa shape index (κ3) is 2.39. The van der Waals surface area contributed by atoms with Crippen molar-refractivity contribution in [3.8, 4) is 11.3 Å². The van der Waals surface area contributed by atoms with E-state index in [1.54, 1.807) is 16.8 Å². The van der Waals surface area contributed by atoms with Gasteiger partial charge in [0.1, 0.15) is 7.05 Å². The summed E-state index contributed by atoms with van der Waals surface area (Å²) in [5.74, 6) is 0. The molecule has 1 unspecified atom stereocenters. The molecule has 138 valence electrons. The van der Waals surface area contributed by atoms with Crippen LogP contribution in [0.4, 0.5) is 0 Å². The largest absolute Gasteiger partial charge is 0.213 e. The highest BCUT2D eigenvalue weighted by Gasteiger charge is 2.52. The molecule has 0 bridgehead atoms. The summed E-state index contributed by atoms with van der Waals surface area (Å²) in [7, 11) is 2.30. The van der Waals surface area contributed by atoms with Crippen LogP contribution in [-0.2, 0) is 23.3 Å². The van der Waals surface area contributed by atoms with Gasteiger partial charge in [-0.25, -0.2) is 0 Å². The SMILES string of the molecule is Cc1ccccc1-c1cc2c3c([n+]1C)C(C)(C)CCC3(C)CCC2(C)C. The Hall–Kier alpha value is -1.63. The molecule has 0 aliphatic heterocycles. The molecule has 0 amide bonds. The van der Waals surface area contributed by atoms with E-state index in [-0.39, 0.29) is 10.8 Å². The number of rotatable bonds is 1. The zero-order valence-electron chi connectivity index (χ0n) is 17.7. The van der Waals surface area contributed by atoms with E-state index in [0.717, 1.165) is 0 Å². The van der Waals surface area contributed by atoms with Crippen molar-refractivity contribution in [1.82, 2.24) is 0 Å². The van der Waals surface area contributed by atoms with Crippen LogP contribution in [0.2, 0.25) is 0 Å². The second-order valence-corrected chi connectivity index (χ2v) is 10.4. The van der Waals surface area contributed by atoms with E-state index in [1.165, 1.54) is 42.5 Å². The van der Waals surface area contributed by atoms with Gasteiger partial charge in [0.25, 0.3) is 0 Å². The Labute approximate surface area is 159 Å². The smallest absolute Gasteiger partial charge is 0.198 e. The van der Waals surface area contributed by atoms with Gasteiger partial charge in [-0.15, -0.1) is 0 Å². The highest BCUT2D eigenvalue weighted by atomic mass is 15.0. The summed E-state index contributed by atoms with van der Waals surface area (Å²) in [6.45, 7) is 14.6. The molecule has 0 fully saturated rings. The molecule has 0 saturated heterocycles. The number of aryl methyl sites for hydroxylation is 1. The molecular weight excluding hydrogens is 314 g/mol. The van der Waals surface area contributed by atoms with E-state index >= 15 is 0 Å². The predicted molar refractivity (Wildman–Crippen MR) is 110 cm³/mol. The minimum absolute atomic E-state index is 0.227. The van der Waals surface area contributed by atoms with E-state index in [9.17, 15) is 0 Å². The molecule has 1 heteroatoms. The van der Waals surface area contributed by atoms with Crippen LogP contribution in [-0.4, -0.2) is 0 Å². The van der Waals surface area contributed by atoms with Crippen LogP contribution in [0.5, 0.6) is 0 Å². The van der Waals surface area contributed by atoms with Crippen LogP contribution in [0.25, 0.3) is 11.3 Å². The van der Waals surface area contributed by atoms with E-state index in [0.29, 0.717) is 5.41 Å². The van der Waals surface area contributed by atoms with Crippen LogP contribution in [0.1, 0.15) is 82.7 Å². The number of aromatic nitrogens is 1. The van der Waals surface area contributed by atoms with Gasteiger partial charge in [-0.1, -0.05) is 39.0 Å². The molecule has 26 heavy (non-hydrogen) atoms. The maximum atomic E-state index is 2.53. The number of benzene rings is 1. The molecule has 1 heterocycles. The first-order valence-electron chi connectivity index (χ1n) is 10.2. The highest BCUT2D eigenvalue weighted by Crippen LogP contribution is 2.55. The predicted octanol–water partition coefficient (Wildman–Crippen LogP) is 5.89. The van der Waals surface area contributed by atoms with Crippen molar-refractivity contribution in [1.29, 1.82) is 0 Å². The lowest BCUT2D eigenvalue weighted by Gasteiger charge is -2.49. The van der Waals surface area contributed by atoms with Crippen LogP contribution >= 0.6 is 0 Å². The van der Waals surface area contributed by atoms with Gasteiger partial charge in [0.2, 0.25) is 5.69 Å². The Kier molecular flexibility index (Phi) is 3.72. The summed E-state index contributed by atoms with van der Waals surface area (Å²) in [4.78, 5) is 0. The van der Waals surface area contributed by atoms with Gasteiger partial charge < -0.3 is 0 Å². The van der Waals surface area contributed by atoms with Gasteiger partial charge in [0.05, 0.1) is 0 Å². The molecule has 2 aliphatic carbocycles. The van der Waals surface area contributed by atoms with E-state index in [2.05, 4.69) is 83.5 Å². The molecular formula is C25H34N+. The number of nitrogens with zero attached hydrogens (tertiary/aromatic N) is 1. The third-order valence-electron chi connectivity index (χ3n) is 7.48. The highest BCUT2D eigenvalue weighted by molar-refractivity contribution is 5.64. The van der Waals surface area contributed by atoms with Gasteiger partial charge in [0, 0.05) is 22.6 Å². The van der Waals surface area contributed by atoms with Crippen molar-refractivity contribution in [2.24, 2.45) is 7.05 Å². The molecule has 0 radical (unpaired) electrons. The molecule has 4 rings (SSSR count). The first-order valence-corrected chi connectivity index (χ1v) is 10.2. The first-order chi connectivity index (χ1) is 12.1. The Morgan fingerprint density at radius 1 is 0.846 bits per heavy atom. The summed E-state index contributed by atoms with van der Waals surface area (Å²) in [6.07, 6.45) is 5.21. The summed E-state index contributed by atoms with van der Waals surface area (Å²) in [5.41, 5.74) is 9.79. The quantitative estimate of drug-likeness (QED) is 0.566. The Balaban J connectivity index is 2.13. The lowest BCUT2D eigenvalue weighted by molar-refractivity contribution is -0.673. The molecule has 2 aromatic rings. The molecule has 1 atom stereocenters. The second kappa shape index (κ2) is 5.44. The van der Waals surface area contributed by atoms with Gasteiger partial charge in [-0.05, 0) is 74.5 Å². The van der Waals surface area contributed by atoms with Crippen LogP contribution in [0, 0.1) is 6.92 Å². The number of hydrogen-bond acceptors (Lipinski definition) is 0. The molecule has 1 aromatic carbocycles. The number of pyridine rings is 1. The van der Waals surface area contributed by atoms with Crippen molar-refractivity contribution in [2.45, 2.75) is 83.5 Å². The lowest BCUT2D eigenvalue weighted by Crippen LogP contribution is -2.52. The molecule has 0 spiro atoms. The third-order valence-corrected chi connectivity index (χ3v) is 7.48. The number of hydrogen-bond donors (Lipinski definition) is 0. The first kappa shape index (κ1) is 17.8. The molecule has 0 N–H and O–H groups in total. The van der Waals surface area contributed by atoms with E-state index in [4.69, 9.17) is 0 Å². The zero-order chi connectivity index (χ0) is 18.9. The average molecular weight is 349 g/mol. The minimum Gasteiger partial charge on any atom is -0.198 e. The summed E-state index contributed by atoms with van der Waals surface area (Å²) in [5, 5.41) is 0. The molecule has 1 aromatic heterocycles. The minimum atomic E-state index is 0.227. The zero-order valence-corrected chi connectivity index (χ0v) is 17.7. The molecule has 0 saturated carbocycles. The average Bonchev–Trinajstić information content (AvgIpc) is 2.57. The van der Waals surface area contributed by atoms with Crippen molar-refractivity contribution < 1.29 is 4.57 Å². The Morgan fingerprint density at radius 3 is 2.12 bits per heavy atom. The molecule has 1 nitrogen and oxygen atoms in total. The van der Waals surface area contributed by atoms with Crippen LogP contribution in [0.3, 0.4) is 0 Å². The second-order valence-electron chi connectivity index (χ2n) is 10.4. The molecule has 2 aliphatic rings. The fourth-order valence-electron chi connectivity index (χ4n) is 5.58. The van der Waals surface area contributed by atoms with Crippen molar-refractivity contribution >= 4 is 0 Å². The Morgan fingerprint density at radius 2 is 1.46 bits per heavy atom. The Bertz CT molecular complexity index is 883. The van der Waals surface area contributed by atoms with Crippen LogP contribution < -0.4 is 4.57 Å². The maximum absolute atomic E-state index is 2.53. The van der Waals surface area contributed by atoms with E-state index in [1.807, 2.05) is 0 Å². The van der Waals surface area contributed by atoms with Gasteiger partial charge >= 0.3 is 0 Å². The van der Waals surface area contributed by atoms with E-state index < -0.39 is 0 Å². The monoisotopic (exact) mass is 348 g/mol. The summed E-state index contributed by atoms with van der Waals surface area (Å²) in [6, 6.07) is 11.4. The van der Waals surface area contributed by atoms with Gasteiger partial charge in [0.15, 0.2) is 5.69 Å². The standard InChI is InChI=1S/C25H34N/c1-17-10-8-9-11-18(17)20-16-19-21-22(26(20)7)24(4,5)13-15-25(21,6)14-12-23(19,2)3/h8-11,16H,12-15H2,1-7H3/q+1.